The third-order valence-electron chi connectivity index (χ3n) is 4.47. The van der Waals surface area contributed by atoms with Crippen LogP contribution in [-0.2, 0) is 27.2 Å². The lowest BCUT2D eigenvalue weighted by atomic mass is 10.0. The number of anilines is 1. The number of carbonyl (C=O) groups excluding carboxylic acids is 2. The zero-order valence-electron chi connectivity index (χ0n) is 14.2. The van der Waals surface area contributed by atoms with Crippen molar-refractivity contribution in [2.45, 2.75) is 25.2 Å². The van der Waals surface area contributed by atoms with Gasteiger partial charge in [-0.3, -0.25) is 14.4 Å². The lowest BCUT2D eigenvalue weighted by molar-refractivity contribution is -0.137. The van der Waals surface area contributed by atoms with Crippen LogP contribution in [0.1, 0.15) is 29.0 Å². The topological polar surface area (TPSA) is 95.5 Å². The van der Waals surface area contributed by atoms with E-state index in [0.29, 0.717) is 5.69 Å². The highest BCUT2D eigenvalue weighted by atomic mass is 16.4. The molecule has 0 spiro atoms. The van der Waals surface area contributed by atoms with Crippen LogP contribution in [0.2, 0.25) is 0 Å². The number of aryl methyl sites for hydroxylation is 1. The first-order valence-electron chi connectivity index (χ1n) is 8.49. The number of carboxylic acid groups (broad SMARTS) is 1. The standard InChI is InChI=1S/C20H20N2O4/c23-18(21-12-19(24)25)11-13-5-8-15(9-6-13)22-20(26)17-10-7-14-3-1-2-4-16(14)17/h1-6,8-9,17H,7,10-12H2,(H,21,23)(H,22,26)(H,24,25). The van der Waals surface area contributed by atoms with E-state index in [9.17, 15) is 14.4 Å². The molecule has 1 aliphatic rings. The zero-order valence-corrected chi connectivity index (χ0v) is 14.2. The van der Waals surface area contributed by atoms with E-state index < -0.39 is 12.5 Å². The fourth-order valence-corrected chi connectivity index (χ4v) is 3.19. The molecule has 0 aromatic heterocycles. The van der Waals surface area contributed by atoms with Crippen molar-refractivity contribution in [2.75, 3.05) is 11.9 Å². The summed E-state index contributed by atoms with van der Waals surface area (Å²) >= 11 is 0. The molecule has 0 heterocycles. The Morgan fingerprint density at radius 3 is 2.50 bits per heavy atom. The van der Waals surface area contributed by atoms with Gasteiger partial charge in [0, 0.05) is 5.69 Å². The SMILES string of the molecule is O=C(O)CNC(=O)Cc1ccc(NC(=O)C2CCc3ccccc32)cc1. The Morgan fingerprint density at radius 1 is 1.04 bits per heavy atom. The summed E-state index contributed by atoms with van der Waals surface area (Å²) in [7, 11) is 0. The predicted molar refractivity (Wildman–Crippen MR) is 96.9 cm³/mol. The predicted octanol–water partition coefficient (Wildman–Crippen LogP) is 2.10. The summed E-state index contributed by atoms with van der Waals surface area (Å²) in [5, 5.41) is 13.8. The summed E-state index contributed by atoms with van der Waals surface area (Å²) < 4.78 is 0. The highest BCUT2D eigenvalue weighted by molar-refractivity contribution is 5.96. The fourth-order valence-electron chi connectivity index (χ4n) is 3.19. The molecule has 26 heavy (non-hydrogen) atoms. The van der Waals surface area contributed by atoms with Crippen LogP contribution in [0.3, 0.4) is 0 Å². The van der Waals surface area contributed by atoms with E-state index in [1.807, 2.05) is 18.2 Å². The van der Waals surface area contributed by atoms with Crippen molar-refractivity contribution >= 4 is 23.5 Å². The molecule has 0 saturated heterocycles. The van der Waals surface area contributed by atoms with Crippen LogP contribution in [0, 0.1) is 0 Å². The monoisotopic (exact) mass is 352 g/mol. The quantitative estimate of drug-likeness (QED) is 0.742. The molecular formula is C20H20N2O4. The van der Waals surface area contributed by atoms with Gasteiger partial charge in [-0.25, -0.2) is 0 Å². The maximum absolute atomic E-state index is 12.6. The maximum atomic E-state index is 12.6. The lowest BCUT2D eigenvalue weighted by Gasteiger charge is -2.12. The molecule has 0 aliphatic heterocycles. The van der Waals surface area contributed by atoms with Crippen molar-refractivity contribution in [2.24, 2.45) is 0 Å². The minimum absolute atomic E-state index is 0.0260. The Labute approximate surface area is 151 Å². The van der Waals surface area contributed by atoms with Crippen LogP contribution in [0.4, 0.5) is 5.69 Å². The minimum atomic E-state index is -1.08. The molecule has 2 aromatic rings. The van der Waals surface area contributed by atoms with Crippen molar-refractivity contribution in [3.05, 3.63) is 65.2 Å². The molecule has 134 valence electrons. The molecule has 3 rings (SSSR count). The largest absolute Gasteiger partial charge is 0.480 e. The maximum Gasteiger partial charge on any atom is 0.322 e. The molecule has 0 fully saturated rings. The van der Waals surface area contributed by atoms with Gasteiger partial charge in [-0.2, -0.15) is 0 Å². The Morgan fingerprint density at radius 2 is 1.77 bits per heavy atom. The number of carbonyl (C=O) groups is 3. The van der Waals surface area contributed by atoms with Gasteiger partial charge in [0.1, 0.15) is 6.54 Å². The number of nitrogens with one attached hydrogen (secondary N) is 2. The third kappa shape index (κ3) is 4.27. The summed E-state index contributed by atoms with van der Waals surface area (Å²) in [6.07, 6.45) is 1.82. The average molecular weight is 352 g/mol. The Kier molecular flexibility index (Phi) is 5.31. The van der Waals surface area contributed by atoms with Crippen molar-refractivity contribution < 1.29 is 19.5 Å². The van der Waals surface area contributed by atoms with Gasteiger partial charge in [-0.05, 0) is 41.7 Å². The summed E-state index contributed by atoms with van der Waals surface area (Å²) in [4.78, 5) is 34.6. The van der Waals surface area contributed by atoms with Gasteiger partial charge in [-0.1, -0.05) is 36.4 Å². The summed E-state index contributed by atoms with van der Waals surface area (Å²) in [6, 6.07) is 15.0. The van der Waals surface area contributed by atoms with E-state index in [1.54, 1.807) is 24.3 Å². The number of benzene rings is 2. The number of carboxylic acids is 1. The van der Waals surface area contributed by atoms with Crippen LogP contribution in [0.25, 0.3) is 0 Å². The normalized spacial score (nSPS) is 15.2. The number of fused-ring (bicyclic) bond motifs is 1. The first kappa shape index (κ1) is 17.7. The van der Waals surface area contributed by atoms with Crippen LogP contribution < -0.4 is 10.6 Å². The second-order valence-electron chi connectivity index (χ2n) is 6.32. The van der Waals surface area contributed by atoms with Crippen molar-refractivity contribution in [3.63, 3.8) is 0 Å². The Balaban J connectivity index is 1.57. The van der Waals surface area contributed by atoms with Gasteiger partial charge in [-0.15, -0.1) is 0 Å². The fraction of sp³-hybridized carbons (Fsp3) is 0.250. The Bertz CT molecular complexity index is 830. The first-order valence-corrected chi connectivity index (χ1v) is 8.49. The van der Waals surface area contributed by atoms with Crippen LogP contribution in [0.15, 0.2) is 48.5 Å². The Hall–Kier alpha value is -3.15. The van der Waals surface area contributed by atoms with Crippen molar-refractivity contribution in [1.29, 1.82) is 0 Å². The molecule has 6 nitrogen and oxygen atoms in total. The highest BCUT2D eigenvalue weighted by Crippen LogP contribution is 2.33. The van der Waals surface area contributed by atoms with Crippen LogP contribution in [-0.4, -0.2) is 29.4 Å². The molecule has 1 unspecified atom stereocenters. The van der Waals surface area contributed by atoms with Crippen molar-refractivity contribution in [3.8, 4) is 0 Å². The van der Waals surface area contributed by atoms with E-state index in [1.165, 1.54) is 5.56 Å². The molecule has 0 saturated carbocycles. The zero-order chi connectivity index (χ0) is 18.5. The number of aliphatic carboxylic acids is 1. The number of amides is 2. The molecule has 1 atom stereocenters. The molecular weight excluding hydrogens is 332 g/mol. The van der Waals surface area contributed by atoms with Gasteiger partial charge in [0.2, 0.25) is 11.8 Å². The average Bonchev–Trinajstić information content (AvgIpc) is 3.06. The first-order chi connectivity index (χ1) is 12.5. The molecule has 3 N–H and O–H groups in total. The minimum Gasteiger partial charge on any atom is -0.480 e. The molecule has 0 bridgehead atoms. The molecule has 2 amide bonds. The van der Waals surface area contributed by atoms with E-state index >= 15 is 0 Å². The molecule has 1 aliphatic carbocycles. The van der Waals surface area contributed by atoms with Crippen LogP contribution >= 0.6 is 0 Å². The second-order valence-corrected chi connectivity index (χ2v) is 6.32. The van der Waals surface area contributed by atoms with Gasteiger partial charge >= 0.3 is 5.97 Å². The number of hydrogen-bond donors (Lipinski definition) is 3. The third-order valence-corrected chi connectivity index (χ3v) is 4.47. The van der Waals surface area contributed by atoms with Crippen molar-refractivity contribution in [1.82, 2.24) is 5.32 Å². The van der Waals surface area contributed by atoms with Gasteiger partial charge in [0.05, 0.1) is 12.3 Å². The molecule has 0 radical (unpaired) electrons. The number of hydrogen-bond acceptors (Lipinski definition) is 3. The summed E-state index contributed by atoms with van der Waals surface area (Å²) in [5.74, 6) is -1.59. The smallest absolute Gasteiger partial charge is 0.322 e. The summed E-state index contributed by atoms with van der Waals surface area (Å²) in [6.45, 7) is -0.393. The van der Waals surface area contributed by atoms with Gasteiger partial charge in [0.25, 0.3) is 0 Å². The lowest BCUT2D eigenvalue weighted by Crippen LogP contribution is -2.30. The van der Waals surface area contributed by atoms with Gasteiger partial charge in [0.15, 0.2) is 0 Å². The van der Waals surface area contributed by atoms with E-state index in [0.717, 1.165) is 24.0 Å². The second kappa shape index (κ2) is 7.82. The van der Waals surface area contributed by atoms with E-state index in [4.69, 9.17) is 5.11 Å². The van der Waals surface area contributed by atoms with Gasteiger partial charge < -0.3 is 15.7 Å². The van der Waals surface area contributed by atoms with E-state index in [-0.39, 0.29) is 24.2 Å². The molecule has 2 aromatic carbocycles. The van der Waals surface area contributed by atoms with E-state index in [2.05, 4.69) is 16.7 Å². The highest BCUT2D eigenvalue weighted by Gasteiger charge is 2.28. The summed E-state index contributed by atoms with van der Waals surface area (Å²) in [5.41, 5.74) is 3.75. The van der Waals surface area contributed by atoms with Crippen LogP contribution in [0.5, 0.6) is 0 Å². The number of rotatable bonds is 6. The molecule has 6 heteroatoms.